The maximum atomic E-state index is 12.8. The number of carbonyl (C=O) groups is 1. The Hall–Kier alpha value is -1.42. The van der Waals surface area contributed by atoms with Crippen LogP contribution in [0.3, 0.4) is 0 Å². The molecule has 0 spiro atoms. The van der Waals surface area contributed by atoms with Crippen molar-refractivity contribution in [2.45, 2.75) is 12.5 Å². The van der Waals surface area contributed by atoms with Crippen LogP contribution in [-0.2, 0) is 0 Å². The zero-order valence-electron chi connectivity index (χ0n) is 9.53. The number of rotatable bonds is 1. The summed E-state index contributed by atoms with van der Waals surface area (Å²) >= 11 is 0. The largest absolute Gasteiger partial charge is 0.337 e. The molecule has 3 nitrogen and oxygen atoms in total. The molecule has 0 radical (unpaired) electrons. The first-order valence-corrected chi connectivity index (χ1v) is 6.02. The highest BCUT2D eigenvalue weighted by molar-refractivity contribution is 5.94. The van der Waals surface area contributed by atoms with Gasteiger partial charge in [0.25, 0.3) is 5.91 Å². The lowest BCUT2D eigenvalue weighted by Crippen LogP contribution is -2.33. The van der Waals surface area contributed by atoms with E-state index in [1.165, 1.54) is 12.1 Å². The van der Waals surface area contributed by atoms with Gasteiger partial charge in [0.15, 0.2) is 0 Å². The average molecular weight is 234 g/mol. The molecule has 2 fully saturated rings. The summed E-state index contributed by atoms with van der Waals surface area (Å²) in [6, 6.07) is 6.24. The van der Waals surface area contributed by atoms with Gasteiger partial charge in [0, 0.05) is 24.7 Å². The van der Waals surface area contributed by atoms with Gasteiger partial charge in [0.2, 0.25) is 0 Å². The standard InChI is InChI=1S/C13H15FN2O/c14-11-3-1-9(2-4-11)13(17)16-7-10-5-6-15-12(10)8-16/h1-4,10,12,15H,5-8H2/t10-,12+/m1/s1. The summed E-state index contributed by atoms with van der Waals surface area (Å²) in [6.45, 7) is 2.67. The molecule has 4 heteroatoms. The zero-order chi connectivity index (χ0) is 11.8. The summed E-state index contributed by atoms with van der Waals surface area (Å²) in [5.74, 6) is 0.308. The molecule has 2 saturated heterocycles. The SMILES string of the molecule is O=C(c1ccc(F)cc1)N1C[C@H]2CCN[C@H]2C1. The highest BCUT2D eigenvalue weighted by Gasteiger charge is 2.37. The van der Waals surface area contributed by atoms with E-state index in [1.807, 2.05) is 4.90 Å². The molecule has 1 N–H and O–H groups in total. The summed E-state index contributed by atoms with van der Waals surface area (Å²) in [6.07, 6.45) is 1.15. The topological polar surface area (TPSA) is 32.3 Å². The molecule has 1 aromatic rings. The lowest BCUT2D eigenvalue weighted by atomic mass is 10.1. The van der Waals surface area contributed by atoms with Gasteiger partial charge in [0.05, 0.1) is 0 Å². The zero-order valence-corrected chi connectivity index (χ0v) is 9.53. The second kappa shape index (κ2) is 4.11. The number of benzene rings is 1. The molecule has 2 atom stereocenters. The van der Waals surface area contributed by atoms with Crippen molar-refractivity contribution >= 4 is 5.91 Å². The maximum absolute atomic E-state index is 12.8. The van der Waals surface area contributed by atoms with E-state index in [0.717, 1.165) is 26.1 Å². The Morgan fingerprint density at radius 1 is 1.29 bits per heavy atom. The van der Waals surface area contributed by atoms with Crippen LogP contribution in [0.25, 0.3) is 0 Å². The number of nitrogens with one attached hydrogen (secondary N) is 1. The number of carbonyl (C=O) groups excluding carboxylic acids is 1. The van der Waals surface area contributed by atoms with Gasteiger partial charge in [-0.05, 0) is 43.1 Å². The number of fused-ring (bicyclic) bond motifs is 1. The second-order valence-electron chi connectivity index (χ2n) is 4.83. The molecule has 3 rings (SSSR count). The molecule has 1 amide bonds. The Labute approximate surface area is 99.6 Å². The van der Waals surface area contributed by atoms with E-state index >= 15 is 0 Å². The van der Waals surface area contributed by atoms with Gasteiger partial charge in [0.1, 0.15) is 5.82 Å². The normalized spacial score (nSPS) is 27.2. The lowest BCUT2D eigenvalue weighted by molar-refractivity contribution is 0.0782. The molecular formula is C13H15FN2O. The van der Waals surface area contributed by atoms with Gasteiger partial charge in [-0.3, -0.25) is 4.79 Å². The van der Waals surface area contributed by atoms with Crippen LogP contribution in [0.15, 0.2) is 24.3 Å². The maximum Gasteiger partial charge on any atom is 0.253 e. The number of likely N-dealkylation sites (tertiary alicyclic amines) is 1. The summed E-state index contributed by atoms with van der Waals surface area (Å²) in [5, 5.41) is 3.41. The van der Waals surface area contributed by atoms with Crippen LogP contribution in [-0.4, -0.2) is 36.5 Å². The van der Waals surface area contributed by atoms with Crippen LogP contribution >= 0.6 is 0 Å². The van der Waals surface area contributed by atoms with Crippen molar-refractivity contribution in [2.24, 2.45) is 5.92 Å². The second-order valence-corrected chi connectivity index (χ2v) is 4.83. The third kappa shape index (κ3) is 1.93. The van der Waals surface area contributed by atoms with Gasteiger partial charge in [-0.25, -0.2) is 4.39 Å². The van der Waals surface area contributed by atoms with Gasteiger partial charge >= 0.3 is 0 Å². The molecule has 0 saturated carbocycles. The summed E-state index contributed by atoms with van der Waals surface area (Å²) in [7, 11) is 0. The Bertz CT molecular complexity index is 420. The minimum absolute atomic E-state index is 0.0150. The van der Waals surface area contributed by atoms with Crippen LogP contribution in [0.2, 0.25) is 0 Å². The Balaban J connectivity index is 1.73. The van der Waals surface area contributed by atoms with Crippen molar-refractivity contribution in [3.05, 3.63) is 35.6 Å². The van der Waals surface area contributed by atoms with Crippen molar-refractivity contribution in [3.8, 4) is 0 Å². The van der Waals surface area contributed by atoms with Crippen molar-refractivity contribution in [2.75, 3.05) is 19.6 Å². The Morgan fingerprint density at radius 2 is 2.06 bits per heavy atom. The molecule has 17 heavy (non-hydrogen) atoms. The van der Waals surface area contributed by atoms with E-state index in [2.05, 4.69) is 5.32 Å². The van der Waals surface area contributed by atoms with Crippen LogP contribution in [0.4, 0.5) is 4.39 Å². The molecule has 90 valence electrons. The van der Waals surface area contributed by atoms with Gasteiger partial charge in [-0.15, -0.1) is 0 Å². The summed E-state index contributed by atoms with van der Waals surface area (Å²) in [5.41, 5.74) is 0.575. The summed E-state index contributed by atoms with van der Waals surface area (Å²) in [4.78, 5) is 14.0. The molecular weight excluding hydrogens is 219 g/mol. The third-order valence-electron chi connectivity index (χ3n) is 3.74. The highest BCUT2D eigenvalue weighted by atomic mass is 19.1. The van der Waals surface area contributed by atoms with Crippen LogP contribution in [0.1, 0.15) is 16.8 Å². The molecule has 2 heterocycles. The predicted octanol–water partition coefficient (Wildman–Crippen LogP) is 1.26. The Kier molecular flexibility index (Phi) is 2.59. The Morgan fingerprint density at radius 3 is 2.76 bits per heavy atom. The molecule has 1 aromatic carbocycles. The minimum Gasteiger partial charge on any atom is -0.337 e. The minimum atomic E-state index is -0.304. The van der Waals surface area contributed by atoms with E-state index < -0.39 is 0 Å². The number of nitrogens with zero attached hydrogens (tertiary/aromatic N) is 1. The van der Waals surface area contributed by atoms with E-state index in [1.54, 1.807) is 12.1 Å². The molecule has 0 aliphatic carbocycles. The van der Waals surface area contributed by atoms with E-state index in [-0.39, 0.29) is 11.7 Å². The lowest BCUT2D eigenvalue weighted by Gasteiger charge is -2.17. The number of hydrogen-bond acceptors (Lipinski definition) is 2. The highest BCUT2D eigenvalue weighted by Crippen LogP contribution is 2.25. The fourth-order valence-corrected chi connectivity index (χ4v) is 2.79. The number of halogens is 1. The average Bonchev–Trinajstić information content (AvgIpc) is 2.89. The molecule has 0 unspecified atom stereocenters. The van der Waals surface area contributed by atoms with Crippen molar-refractivity contribution in [1.82, 2.24) is 10.2 Å². The fourth-order valence-electron chi connectivity index (χ4n) is 2.79. The monoisotopic (exact) mass is 234 g/mol. The van der Waals surface area contributed by atoms with Crippen molar-refractivity contribution < 1.29 is 9.18 Å². The molecule has 2 aliphatic heterocycles. The molecule has 2 aliphatic rings. The fraction of sp³-hybridized carbons (Fsp3) is 0.462. The van der Waals surface area contributed by atoms with E-state index in [0.29, 0.717) is 17.5 Å². The van der Waals surface area contributed by atoms with Crippen molar-refractivity contribution in [1.29, 1.82) is 0 Å². The van der Waals surface area contributed by atoms with Crippen LogP contribution < -0.4 is 5.32 Å². The quantitative estimate of drug-likeness (QED) is 0.793. The smallest absolute Gasteiger partial charge is 0.253 e. The number of amides is 1. The molecule has 0 aromatic heterocycles. The first-order chi connectivity index (χ1) is 8.24. The number of hydrogen-bond donors (Lipinski definition) is 1. The van der Waals surface area contributed by atoms with Crippen molar-refractivity contribution in [3.63, 3.8) is 0 Å². The van der Waals surface area contributed by atoms with E-state index in [9.17, 15) is 9.18 Å². The third-order valence-corrected chi connectivity index (χ3v) is 3.74. The van der Waals surface area contributed by atoms with Crippen LogP contribution in [0.5, 0.6) is 0 Å². The van der Waals surface area contributed by atoms with E-state index in [4.69, 9.17) is 0 Å². The summed E-state index contributed by atoms with van der Waals surface area (Å²) < 4.78 is 12.8. The van der Waals surface area contributed by atoms with Gasteiger partial charge in [-0.2, -0.15) is 0 Å². The molecule has 0 bridgehead atoms. The first-order valence-electron chi connectivity index (χ1n) is 6.02. The van der Waals surface area contributed by atoms with Gasteiger partial charge in [-0.1, -0.05) is 0 Å². The van der Waals surface area contributed by atoms with Crippen LogP contribution in [0, 0.1) is 11.7 Å². The van der Waals surface area contributed by atoms with Gasteiger partial charge < -0.3 is 10.2 Å². The predicted molar refractivity (Wildman–Crippen MR) is 62.2 cm³/mol. The first kappa shape index (κ1) is 10.7.